The molecule has 2 aromatic rings. The van der Waals surface area contributed by atoms with Gasteiger partial charge in [0.2, 0.25) is 0 Å². The van der Waals surface area contributed by atoms with E-state index in [4.69, 9.17) is 21.2 Å². The number of carboxylic acid groups (broad SMARTS) is 1. The van der Waals surface area contributed by atoms with Gasteiger partial charge in [0.15, 0.2) is 5.69 Å². The number of aliphatic hydroxyl groups is 1. The van der Waals surface area contributed by atoms with E-state index in [1.165, 1.54) is 6.07 Å². The Bertz CT molecular complexity index is 733. The van der Waals surface area contributed by atoms with Gasteiger partial charge in [0, 0.05) is 31.5 Å². The average Bonchev–Trinajstić information content (AvgIpc) is 3.06. The zero-order valence-corrected chi connectivity index (χ0v) is 13.2. The summed E-state index contributed by atoms with van der Waals surface area (Å²) >= 11 is 5.83. The highest BCUT2D eigenvalue weighted by molar-refractivity contribution is 6.33. The number of carboxylic acids is 1. The second-order valence-corrected chi connectivity index (χ2v) is 6.08. The Morgan fingerprint density at radius 2 is 2.26 bits per heavy atom. The number of β-amino-alcohol motifs (C(OH)–C–C–N with tert-alkyl or cyclic N) is 1. The number of aromatic carboxylic acids is 1. The van der Waals surface area contributed by atoms with Gasteiger partial charge in [-0.15, -0.1) is 0 Å². The lowest BCUT2D eigenvalue weighted by atomic mass is 10.0. The molecular formula is C15H16ClN3O4. The van der Waals surface area contributed by atoms with Crippen molar-refractivity contribution in [2.75, 3.05) is 18.0 Å². The number of pyridine rings is 1. The molecule has 0 aliphatic carbocycles. The summed E-state index contributed by atoms with van der Waals surface area (Å²) < 4.78 is 5.19. The first-order valence-corrected chi connectivity index (χ1v) is 7.57. The van der Waals surface area contributed by atoms with Crippen LogP contribution in [0, 0.1) is 12.8 Å². The molecular weight excluding hydrogens is 322 g/mol. The van der Waals surface area contributed by atoms with Gasteiger partial charge in [-0.2, -0.15) is 0 Å². The maximum Gasteiger partial charge on any atom is 0.356 e. The van der Waals surface area contributed by atoms with Crippen molar-refractivity contribution < 1.29 is 19.5 Å². The summed E-state index contributed by atoms with van der Waals surface area (Å²) in [5.41, 5.74) is 0.614. The molecule has 0 amide bonds. The number of hydrogen-bond donors (Lipinski definition) is 2. The van der Waals surface area contributed by atoms with Gasteiger partial charge in [-0.3, -0.25) is 0 Å². The molecule has 2 N–H and O–H groups in total. The van der Waals surface area contributed by atoms with Crippen LogP contribution in [-0.4, -0.2) is 45.5 Å². The summed E-state index contributed by atoms with van der Waals surface area (Å²) in [6.45, 7) is 2.77. The Balaban J connectivity index is 1.75. The Hall–Kier alpha value is -2.12. The van der Waals surface area contributed by atoms with Crippen molar-refractivity contribution in [3.63, 3.8) is 0 Å². The van der Waals surface area contributed by atoms with Gasteiger partial charge in [0.05, 0.1) is 16.8 Å². The summed E-state index contributed by atoms with van der Waals surface area (Å²) in [5.74, 6) is 0.00387. The molecule has 2 atom stereocenters. The second-order valence-electron chi connectivity index (χ2n) is 5.68. The van der Waals surface area contributed by atoms with Crippen molar-refractivity contribution in [3.8, 4) is 0 Å². The lowest BCUT2D eigenvalue weighted by Gasteiger charge is -2.17. The van der Waals surface area contributed by atoms with Crippen LogP contribution in [0.4, 0.5) is 5.82 Å². The zero-order chi connectivity index (χ0) is 16.6. The smallest absolute Gasteiger partial charge is 0.356 e. The first-order chi connectivity index (χ1) is 10.9. The van der Waals surface area contributed by atoms with Gasteiger partial charge in [-0.05, 0) is 19.1 Å². The largest absolute Gasteiger partial charge is 0.476 e. The molecule has 23 heavy (non-hydrogen) atoms. The molecule has 122 valence electrons. The molecule has 2 aromatic heterocycles. The normalized spacial score (nSPS) is 20.9. The van der Waals surface area contributed by atoms with Gasteiger partial charge in [-0.25, -0.2) is 9.78 Å². The number of rotatable bonds is 4. The SMILES string of the molecule is Cc1cc(C[C@@H]2CN(c3ccc(Cl)c(C(=O)O)n3)C[C@@H]2O)on1. The Morgan fingerprint density at radius 3 is 2.91 bits per heavy atom. The fraction of sp³-hybridized carbons (Fsp3) is 0.400. The van der Waals surface area contributed by atoms with Gasteiger partial charge >= 0.3 is 5.97 Å². The minimum atomic E-state index is -1.18. The van der Waals surface area contributed by atoms with Gasteiger partial charge in [0.25, 0.3) is 0 Å². The molecule has 0 spiro atoms. The Morgan fingerprint density at radius 1 is 1.48 bits per heavy atom. The maximum atomic E-state index is 11.1. The monoisotopic (exact) mass is 337 g/mol. The molecule has 1 saturated heterocycles. The Kier molecular flexibility index (Phi) is 4.23. The number of nitrogens with zero attached hydrogens (tertiary/aromatic N) is 3. The molecule has 8 heteroatoms. The molecule has 0 saturated carbocycles. The van der Waals surface area contributed by atoms with E-state index in [-0.39, 0.29) is 16.6 Å². The first-order valence-electron chi connectivity index (χ1n) is 7.19. The molecule has 1 aliphatic rings. The third-order valence-electron chi connectivity index (χ3n) is 3.90. The van der Waals surface area contributed by atoms with Crippen LogP contribution in [0.1, 0.15) is 21.9 Å². The van der Waals surface area contributed by atoms with E-state index in [1.807, 2.05) is 17.9 Å². The highest BCUT2D eigenvalue weighted by Crippen LogP contribution is 2.27. The fourth-order valence-electron chi connectivity index (χ4n) is 2.77. The van der Waals surface area contributed by atoms with E-state index in [9.17, 15) is 9.90 Å². The van der Waals surface area contributed by atoms with Crippen LogP contribution in [0.15, 0.2) is 22.7 Å². The molecule has 7 nitrogen and oxygen atoms in total. The summed E-state index contributed by atoms with van der Waals surface area (Å²) in [6.07, 6.45) is 0.0175. The lowest BCUT2D eigenvalue weighted by molar-refractivity contribution is 0.0691. The summed E-state index contributed by atoms with van der Waals surface area (Å²) in [6, 6.07) is 5.01. The number of anilines is 1. The van der Waals surface area contributed by atoms with Gasteiger partial charge in [0.1, 0.15) is 11.6 Å². The second kappa shape index (κ2) is 6.17. The molecule has 0 aromatic carbocycles. The van der Waals surface area contributed by atoms with E-state index < -0.39 is 12.1 Å². The van der Waals surface area contributed by atoms with Crippen LogP contribution < -0.4 is 4.90 Å². The molecule has 3 rings (SSSR count). The lowest BCUT2D eigenvalue weighted by Crippen LogP contribution is -2.23. The van der Waals surface area contributed by atoms with Crippen molar-refractivity contribution in [3.05, 3.63) is 40.4 Å². The van der Waals surface area contributed by atoms with Gasteiger partial charge in [-0.1, -0.05) is 16.8 Å². The first kappa shape index (κ1) is 15.8. The highest BCUT2D eigenvalue weighted by atomic mass is 35.5. The quantitative estimate of drug-likeness (QED) is 0.876. The number of hydrogen-bond acceptors (Lipinski definition) is 6. The summed E-state index contributed by atoms with van der Waals surface area (Å²) in [5, 5.41) is 23.3. The van der Waals surface area contributed by atoms with Crippen LogP contribution >= 0.6 is 11.6 Å². The van der Waals surface area contributed by atoms with Crippen molar-refractivity contribution in [2.45, 2.75) is 19.4 Å². The van der Waals surface area contributed by atoms with Crippen LogP contribution in [0.3, 0.4) is 0 Å². The molecule has 0 bridgehead atoms. The number of aliphatic hydroxyl groups excluding tert-OH is 1. The minimum absolute atomic E-state index is 0.0342. The number of aryl methyl sites for hydroxylation is 1. The van der Waals surface area contributed by atoms with E-state index in [0.717, 1.165) is 11.5 Å². The van der Waals surface area contributed by atoms with Crippen molar-refractivity contribution in [2.24, 2.45) is 5.92 Å². The Labute approximate surface area is 137 Å². The number of halogens is 1. The molecule has 1 fully saturated rings. The van der Waals surface area contributed by atoms with E-state index >= 15 is 0 Å². The molecule has 1 aliphatic heterocycles. The molecule has 0 unspecified atom stereocenters. The third-order valence-corrected chi connectivity index (χ3v) is 4.21. The average molecular weight is 338 g/mol. The van der Waals surface area contributed by atoms with Crippen molar-refractivity contribution in [1.29, 1.82) is 0 Å². The minimum Gasteiger partial charge on any atom is -0.476 e. The van der Waals surface area contributed by atoms with E-state index in [2.05, 4.69) is 10.1 Å². The van der Waals surface area contributed by atoms with Crippen molar-refractivity contribution >= 4 is 23.4 Å². The molecule has 3 heterocycles. The van der Waals surface area contributed by atoms with Crippen LogP contribution in [0.5, 0.6) is 0 Å². The molecule has 0 radical (unpaired) electrons. The highest BCUT2D eigenvalue weighted by Gasteiger charge is 2.33. The van der Waals surface area contributed by atoms with Crippen LogP contribution in [-0.2, 0) is 6.42 Å². The standard InChI is InChI=1S/C15H16ClN3O4/c1-8-4-10(23-18-8)5-9-6-19(7-12(9)20)13-3-2-11(16)14(17-13)15(21)22/h2-4,9,12,20H,5-7H2,1H3,(H,21,22)/t9-,12+/m1/s1. The zero-order valence-electron chi connectivity index (χ0n) is 12.4. The summed E-state index contributed by atoms with van der Waals surface area (Å²) in [4.78, 5) is 17.1. The van der Waals surface area contributed by atoms with Crippen LogP contribution in [0.2, 0.25) is 5.02 Å². The van der Waals surface area contributed by atoms with E-state index in [0.29, 0.717) is 25.3 Å². The third kappa shape index (κ3) is 3.30. The van der Waals surface area contributed by atoms with E-state index in [1.54, 1.807) is 6.07 Å². The topological polar surface area (TPSA) is 99.7 Å². The van der Waals surface area contributed by atoms with Gasteiger partial charge < -0.3 is 19.6 Å². The van der Waals surface area contributed by atoms with Crippen molar-refractivity contribution in [1.82, 2.24) is 10.1 Å². The maximum absolute atomic E-state index is 11.1. The number of aromatic nitrogens is 2. The predicted molar refractivity (Wildman–Crippen MR) is 82.9 cm³/mol. The fourth-order valence-corrected chi connectivity index (χ4v) is 2.96. The number of carbonyl (C=O) groups is 1. The predicted octanol–water partition coefficient (Wildman–Crippen LogP) is 1.77. The summed E-state index contributed by atoms with van der Waals surface area (Å²) in [7, 11) is 0. The van der Waals surface area contributed by atoms with Crippen LogP contribution in [0.25, 0.3) is 0 Å².